The van der Waals surface area contributed by atoms with Gasteiger partial charge in [-0.2, -0.15) is 0 Å². The molecule has 0 atom stereocenters. The predicted molar refractivity (Wildman–Crippen MR) is 87.6 cm³/mol. The quantitative estimate of drug-likeness (QED) is 0.725. The van der Waals surface area contributed by atoms with Crippen molar-refractivity contribution < 1.29 is 13.5 Å². The van der Waals surface area contributed by atoms with Gasteiger partial charge in [0.15, 0.2) is 0 Å². The van der Waals surface area contributed by atoms with Gasteiger partial charge < -0.3 is 5.11 Å². The first-order chi connectivity index (χ1) is 10.5. The van der Waals surface area contributed by atoms with Crippen LogP contribution in [0.3, 0.4) is 0 Å². The van der Waals surface area contributed by atoms with Gasteiger partial charge in [0.1, 0.15) is 5.75 Å². The Bertz CT molecular complexity index is 949. The fourth-order valence-electron chi connectivity index (χ4n) is 2.42. The number of rotatable bonds is 3. The van der Waals surface area contributed by atoms with Crippen molar-refractivity contribution in [3.05, 3.63) is 66.2 Å². The summed E-state index contributed by atoms with van der Waals surface area (Å²) in [5.41, 5.74) is 1.17. The highest BCUT2D eigenvalue weighted by atomic mass is 32.2. The molecule has 0 unspecified atom stereocenters. The molecular weight excluding hydrogens is 298 g/mol. The number of hydrogen-bond donors (Lipinski definition) is 2. The molecule has 0 aliphatic rings. The molecule has 0 aliphatic carbocycles. The molecule has 0 aliphatic heterocycles. The largest absolute Gasteiger partial charge is 0.506 e. The van der Waals surface area contributed by atoms with E-state index in [1.165, 1.54) is 12.1 Å². The van der Waals surface area contributed by atoms with Crippen molar-refractivity contribution in [2.75, 3.05) is 4.72 Å². The van der Waals surface area contributed by atoms with Gasteiger partial charge in [0.2, 0.25) is 0 Å². The SMILES string of the molecule is Cc1ccc(S(=O)(=O)Nc2ccccc2O)c2ccccc12. The van der Waals surface area contributed by atoms with Crippen LogP contribution in [0.4, 0.5) is 5.69 Å². The average Bonchev–Trinajstić information content (AvgIpc) is 2.50. The third kappa shape index (κ3) is 2.51. The minimum Gasteiger partial charge on any atom is -0.506 e. The van der Waals surface area contributed by atoms with Crippen LogP contribution in [0.25, 0.3) is 10.8 Å². The smallest absolute Gasteiger partial charge is 0.262 e. The van der Waals surface area contributed by atoms with Gasteiger partial charge in [-0.05, 0) is 36.1 Å². The summed E-state index contributed by atoms with van der Waals surface area (Å²) in [5.74, 6) is -0.109. The van der Waals surface area contributed by atoms with Crippen LogP contribution in [0.2, 0.25) is 0 Å². The Balaban J connectivity index is 2.14. The van der Waals surface area contributed by atoms with Crippen LogP contribution in [-0.4, -0.2) is 13.5 Å². The number of hydrogen-bond acceptors (Lipinski definition) is 3. The lowest BCUT2D eigenvalue weighted by Gasteiger charge is -2.12. The molecule has 0 amide bonds. The van der Waals surface area contributed by atoms with E-state index >= 15 is 0 Å². The summed E-state index contributed by atoms with van der Waals surface area (Å²) in [4.78, 5) is 0.192. The van der Waals surface area contributed by atoms with Crippen molar-refractivity contribution >= 4 is 26.5 Å². The highest BCUT2D eigenvalue weighted by Gasteiger charge is 2.19. The number of nitrogens with one attached hydrogen (secondary N) is 1. The first-order valence-electron chi connectivity index (χ1n) is 6.78. The molecular formula is C17H15NO3S. The number of phenolic OH excluding ortho intramolecular Hbond substituents is 1. The number of aromatic hydroxyl groups is 1. The van der Waals surface area contributed by atoms with Crippen LogP contribution in [0.5, 0.6) is 5.75 Å². The molecule has 5 heteroatoms. The van der Waals surface area contributed by atoms with Crippen LogP contribution in [0, 0.1) is 6.92 Å². The van der Waals surface area contributed by atoms with Gasteiger partial charge in [0.05, 0.1) is 10.6 Å². The van der Waals surface area contributed by atoms with Crippen molar-refractivity contribution in [1.82, 2.24) is 0 Å². The van der Waals surface area contributed by atoms with Crippen LogP contribution >= 0.6 is 0 Å². The monoisotopic (exact) mass is 313 g/mol. The minimum atomic E-state index is -3.79. The van der Waals surface area contributed by atoms with E-state index in [0.29, 0.717) is 5.39 Å². The molecule has 3 aromatic rings. The molecule has 0 aromatic heterocycles. The van der Waals surface area contributed by atoms with E-state index in [9.17, 15) is 13.5 Å². The molecule has 0 saturated heterocycles. The Morgan fingerprint density at radius 1 is 0.864 bits per heavy atom. The first kappa shape index (κ1) is 14.4. The van der Waals surface area contributed by atoms with E-state index in [1.807, 2.05) is 19.1 Å². The van der Waals surface area contributed by atoms with E-state index < -0.39 is 10.0 Å². The summed E-state index contributed by atoms with van der Waals surface area (Å²) in [6, 6.07) is 17.0. The summed E-state index contributed by atoms with van der Waals surface area (Å²) < 4.78 is 27.8. The molecule has 0 bridgehead atoms. The Labute approximate surface area is 129 Å². The fourth-order valence-corrected chi connectivity index (χ4v) is 3.70. The average molecular weight is 313 g/mol. The summed E-state index contributed by atoms with van der Waals surface area (Å²) in [6.45, 7) is 1.94. The second-order valence-corrected chi connectivity index (χ2v) is 6.70. The number of fused-ring (bicyclic) bond motifs is 1. The molecule has 0 saturated carbocycles. The van der Waals surface area contributed by atoms with Crippen LogP contribution in [-0.2, 0) is 10.0 Å². The molecule has 3 aromatic carbocycles. The number of sulfonamides is 1. The number of benzene rings is 3. The molecule has 112 valence electrons. The van der Waals surface area contributed by atoms with Gasteiger partial charge >= 0.3 is 0 Å². The van der Waals surface area contributed by atoms with Crippen molar-refractivity contribution in [3.63, 3.8) is 0 Å². The fraction of sp³-hybridized carbons (Fsp3) is 0.0588. The van der Waals surface area contributed by atoms with Crippen LogP contribution < -0.4 is 4.72 Å². The van der Waals surface area contributed by atoms with Crippen molar-refractivity contribution in [2.45, 2.75) is 11.8 Å². The summed E-state index contributed by atoms with van der Waals surface area (Å²) >= 11 is 0. The highest BCUT2D eigenvalue weighted by Crippen LogP contribution is 2.29. The zero-order chi connectivity index (χ0) is 15.7. The Morgan fingerprint density at radius 3 is 2.23 bits per heavy atom. The molecule has 22 heavy (non-hydrogen) atoms. The van der Waals surface area contributed by atoms with Crippen molar-refractivity contribution in [3.8, 4) is 5.75 Å². The normalized spacial score (nSPS) is 11.5. The standard InChI is InChI=1S/C17H15NO3S/c1-12-10-11-17(14-7-3-2-6-13(12)14)22(20,21)18-15-8-4-5-9-16(15)19/h2-11,18-19H,1H3. The zero-order valence-corrected chi connectivity index (χ0v) is 12.8. The molecule has 4 nitrogen and oxygen atoms in total. The first-order valence-corrected chi connectivity index (χ1v) is 8.26. The molecule has 0 spiro atoms. The maximum atomic E-state index is 12.7. The van der Waals surface area contributed by atoms with Gasteiger partial charge in [-0.3, -0.25) is 4.72 Å². The van der Waals surface area contributed by atoms with Gasteiger partial charge in [-0.25, -0.2) is 8.42 Å². The van der Waals surface area contributed by atoms with Gasteiger partial charge in [0.25, 0.3) is 10.0 Å². The van der Waals surface area contributed by atoms with Gasteiger partial charge in [-0.1, -0.05) is 42.5 Å². The maximum absolute atomic E-state index is 12.7. The minimum absolute atomic E-state index is 0.109. The second-order valence-electron chi connectivity index (χ2n) is 5.05. The van der Waals surface area contributed by atoms with E-state index in [-0.39, 0.29) is 16.3 Å². The predicted octanol–water partition coefficient (Wildman–Crippen LogP) is 3.65. The highest BCUT2D eigenvalue weighted by molar-refractivity contribution is 7.93. The van der Waals surface area contributed by atoms with E-state index in [0.717, 1.165) is 10.9 Å². The number of anilines is 1. The molecule has 0 radical (unpaired) electrons. The van der Waals surface area contributed by atoms with Gasteiger partial charge in [-0.15, -0.1) is 0 Å². The molecule has 0 heterocycles. The summed E-state index contributed by atoms with van der Waals surface area (Å²) in [5, 5.41) is 11.3. The number of phenols is 1. The lowest BCUT2D eigenvalue weighted by molar-refractivity contribution is 0.477. The second kappa shape index (κ2) is 5.35. The van der Waals surface area contributed by atoms with E-state index in [1.54, 1.807) is 36.4 Å². The third-order valence-electron chi connectivity index (χ3n) is 3.54. The lowest BCUT2D eigenvalue weighted by atomic mass is 10.1. The Morgan fingerprint density at radius 2 is 1.50 bits per heavy atom. The van der Waals surface area contributed by atoms with Gasteiger partial charge in [0, 0.05) is 5.39 Å². The topological polar surface area (TPSA) is 66.4 Å². The summed E-state index contributed by atoms with van der Waals surface area (Å²) in [6.07, 6.45) is 0. The van der Waals surface area contributed by atoms with Crippen molar-refractivity contribution in [1.29, 1.82) is 0 Å². The molecule has 3 rings (SSSR count). The lowest BCUT2D eigenvalue weighted by Crippen LogP contribution is -2.13. The van der Waals surface area contributed by atoms with Crippen LogP contribution in [0.1, 0.15) is 5.56 Å². The molecule has 2 N–H and O–H groups in total. The zero-order valence-electron chi connectivity index (χ0n) is 11.9. The number of para-hydroxylation sites is 2. The Kier molecular flexibility index (Phi) is 3.50. The van der Waals surface area contributed by atoms with E-state index in [2.05, 4.69) is 4.72 Å². The van der Waals surface area contributed by atoms with Crippen molar-refractivity contribution in [2.24, 2.45) is 0 Å². The summed E-state index contributed by atoms with van der Waals surface area (Å²) in [7, 11) is -3.79. The Hall–Kier alpha value is -2.53. The maximum Gasteiger partial charge on any atom is 0.262 e. The van der Waals surface area contributed by atoms with E-state index in [4.69, 9.17) is 0 Å². The number of aryl methyl sites for hydroxylation is 1. The van der Waals surface area contributed by atoms with Crippen LogP contribution in [0.15, 0.2) is 65.6 Å². The molecule has 0 fully saturated rings. The third-order valence-corrected chi connectivity index (χ3v) is 4.96.